The van der Waals surface area contributed by atoms with Crippen LogP contribution in [0.3, 0.4) is 0 Å². The molecule has 0 unspecified atom stereocenters. The first kappa shape index (κ1) is 14.0. The van der Waals surface area contributed by atoms with Gasteiger partial charge in [-0.15, -0.1) is 11.3 Å². The number of halogens is 1. The van der Waals surface area contributed by atoms with Crippen LogP contribution in [-0.2, 0) is 13.0 Å². The molecule has 1 aromatic heterocycles. The van der Waals surface area contributed by atoms with E-state index in [1.807, 2.05) is 12.3 Å². The van der Waals surface area contributed by atoms with Gasteiger partial charge in [0.1, 0.15) is 18.2 Å². The van der Waals surface area contributed by atoms with Crippen molar-refractivity contribution in [1.29, 1.82) is 0 Å². The lowest BCUT2D eigenvalue weighted by atomic mass is 10.1. The molecule has 0 saturated carbocycles. The number of hydrogen-bond acceptors (Lipinski definition) is 4. The third kappa shape index (κ3) is 3.52. The van der Waals surface area contributed by atoms with Crippen molar-refractivity contribution in [2.24, 2.45) is 5.73 Å². The maximum atomic E-state index is 13.3. The molecular formula is C14H17FN2OS. The van der Waals surface area contributed by atoms with E-state index in [4.69, 9.17) is 10.5 Å². The topological polar surface area (TPSA) is 48.1 Å². The Hall–Kier alpha value is -1.46. The van der Waals surface area contributed by atoms with Crippen molar-refractivity contribution in [1.82, 2.24) is 4.98 Å². The Labute approximate surface area is 116 Å². The largest absolute Gasteiger partial charge is 0.487 e. The van der Waals surface area contributed by atoms with Crippen LogP contribution in [0.25, 0.3) is 0 Å². The second-order valence-corrected chi connectivity index (χ2v) is 5.29. The van der Waals surface area contributed by atoms with Gasteiger partial charge in [-0.05, 0) is 19.4 Å². The number of aryl methyl sites for hydroxylation is 1. The molecule has 0 spiro atoms. The molecule has 2 rings (SSSR count). The fourth-order valence-corrected chi connectivity index (χ4v) is 2.47. The van der Waals surface area contributed by atoms with Crippen LogP contribution >= 0.6 is 11.3 Å². The first-order chi connectivity index (χ1) is 9.10. The number of hydrogen-bond donors (Lipinski definition) is 1. The highest BCUT2D eigenvalue weighted by Crippen LogP contribution is 2.25. The molecule has 1 atom stereocenters. The highest BCUT2D eigenvalue weighted by Gasteiger charge is 2.10. The number of rotatable bonds is 5. The van der Waals surface area contributed by atoms with E-state index in [9.17, 15) is 4.39 Å². The highest BCUT2D eigenvalue weighted by molar-refractivity contribution is 7.09. The molecule has 0 fully saturated rings. The van der Waals surface area contributed by atoms with Crippen molar-refractivity contribution in [3.8, 4) is 5.75 Å². The monoisotopic (exact) mass is 280 g/mol. The van der Waals surface area contributed by atoms with Crippen molar-refractivity contribution in [2.45, 2.75) is 32.9 Å². The minimum absolute atomic E-state index is 0.197. The molecule has 0 radical (unpaired) electrons. The van der Waals surface area contributed by atoms with Crippen LogP contribution in [0, 0.1) is 5.82 Å². The van der Waals surface area contributed by atoms with Gasteiger partial charge in [-0.3, -0.25) is 0 Å². The van der Waals surface area contributed by atoms with Crippen LogP contribution < -0.4 is 10.5 Å². The molecule has 1 aromatic carbocycles. The van der Waals surface area contributed by atoms with E-state index in [0.29, 0.717) is 12.4 Å². The zero-order valence-electron chi connectivity index (χ0n) is 11.0. The summed E-state index contributed by atoms with van der Waals surface area (Å²) >= 11 is 1.61. The number of nitrogens with two attached hydrogens (primary N) is 1. The quantitative estimate of drug-likeness (QED) is 0.912. The summed E-state index contributed by atoms with van der Waals surface area (Å²) in [6.45, 7) is 4.24. The van der Waals surface area contributed by atoms with E-state index < -0.39 is 0 Å². The van der Waals surface area contributed by atoms with Crippen molar-refractivity contribution in [2.75, 3.05) is 0 Å². The Balaban J connectivity index is 2.12. The Morgan fingerprint density at radius 1 is 1.47 bits per heavy atom. The second kappa shape index (κ2) is 6.12. The number of aromatic nitrogens is 1. The normalized spacial score (nSPS) is 12.4. The fraction of sp³-hybridized carbons (Fsp3) is 0.357. The van der Waals surface area contributed by atoms with Gasteiger partial charge in [0.25, 0.3) is 0 Å². The van der Waals surface area contributed by atoms with Gasteiger partial charge < -0.3 is 10.5 Å². The number of ether oxygens (including phenoxy) is 1. The van der Waals surface area contributed by atoms with Crippen LogP contribution in [0.15, 0.2) is 23.6 Å². The van der Waals surface area contributed by atoms with Gasteiger partial charge in [0.05, 0.1) is 10.7 Å². The Kier molecular flexibility index (Phi) is 4.50. The second-order valence-electron chi connectivity index (χ2n) is 4.35. The minimum atomic E-state index is -0.327. The summed E-state index contributed by atoms with van der Waals surface area (Å²) in [5, 5.41) is 3.04. The Morgan fingerprint density at radius 3 is 2.89 bits per heavy atom. The lowest BCUT2D eigenvalue weighted by Crippen LogP contribution is -2.08. The summed E-state index contributed by atoms with van der Waals surface area (Å²) in [7, 11) is 0. The third-order valence-electron chi connectivity index (χ3n) is 2.74. The highest BCUT2D eigenvalue weighted by atomic mass is 32.1. The molecule has 2 aromatic rings. The summed E-state index contributed by atoms with van der Waals surface area (Å²) < 4.78 is 18.9. The maximum Gasteiger partial charge on any atom is 0.131 e. The minimum Gasteiger partial charge on any atom is -0.487 e. The summed E-state index contributed by atoms with van der Waals surface area (Å²) in [4.78, 5) is 4.41. The van der Waals surface area contributed by atoms with Gasteiger partial charge in [-0.2, -0.15) is 0 Å². The Morgan fingerprint density at radius 2 is 2.26 bits per heavy atom. The lowest BCUT2D eigenvalue weighted by Gasteiger charge is -2.13. The lowest BCUT2D eigenvalue weighted by molar-refractivity contribution is 0.295. The smallest absolute Gasteiger partial charge is 0.131 e. The van der Waals surface area contributed by atoms with Crippen LogP contribution in [-0.4, -0.2) is 4.98 Å². The van der Waals surface area contributed by atoms with E-state index >= 15 is 0 Å². The molecule has 0 bridgehead atoms. The molecule has 0 aliphatic rings. The summed E-state index contributed by atoms with van der Waals surface area (Å²) in [5.74, 6) is 0.160. The average molecular weight is 280 g/mol. The SMILES string of the molecule is CCc1nc(COc2cc(F)ccc2[C@H](C)N)cs1. The number of benzene rings is 1. The molecule has 102 valence electrons. The molecule has 0 amide bonds. The van der Waals surface area contributed by atoms with Gasteiger partial charge >= 0.3 is 0 Å². The molecule has 19 heavy (non-hydrogen) atoms. The standard InChI is InChI=1S/C14H17FN2OS/c1-3-14-17-11(8-19-14)7-18-13-6-10(15)4-5-12(13)9(2)16/h4-6,8-9H,3,7,16H2,1-2H3/t9-/m0/s1. The van der Waals surface area contributed by atoms with E-state index in [2.05, 4.69) is 11.9 Å². The zero-order valence-corrected chi connectivity index (χ0v) is 11.8. The zero-order chi connectivity index (χ0) is 13.8. The molecule has 0 aliphatic heterocycles. The van der Waals surface area contributed by atoms with Crippen molar-refractivity contribution >= 4 is 11.3 Å². The van der Waals surface area contributed by atoms with Gasteiger partial charge in [-0.25, -0.2) is 9.37 Å². The molecule has 0 saturated heterocycles. The summed E-state index contributed by atoms with van der Waals surface area (Å²) in [6, 6.07) is 4.22. The maximum absolute atomic E-state index is 13.3. The predicted octanol–water partition coefficient (Wildman–Crippen LogP) is 3.44. The summed E-state index contributed by atoms with van der Waals surface area (Å²) in [6.07, 6.45) is 0.912. The fourth-order valence-electron chi connectivity index (χ4n) is 1.74. The summed E-state index contributed by atoms with van der Waals surface area (Å²) in [5.41, 5.74) is 7.50. The van der Waals surface area contributed by atoms with Gasteiger partial charge in [0.15, 0.2) is 0 Å². The van der Waals surface area contributed by atoms with Crippen LogP contribution in [0.1, 0.15) is 36.2 Å². The van der Waals surface area contributed by atoms with E-state index in [1.165, 1.54) is 12.1 Å². The van der Waals surface area contributed by atoms with E-state index in [1.54, 1.807) is 17.4 Å². The first-order valence-electron chi connectivity index (χ1n) is 6.21. The molecule has 2 N–H and O–H groups in total. The molecule has 1 heterocycles. The predicted molar refractivity (Wildman–Crippen MR) is 74.8 cm³/mol. The molecule has 5 heteroatoms. The van der Waals surface area contributed by atoms with Crippen LogP contribution in [0.5, 0.6) is 5.75 Å². The van der Waals surface area contributed by atoms with Gasteiger partial charge in [0.2, 0.25) is 0 Å². The van der Waals surface area contributed by atoms with Crippen LogP contribution in [0.2, 0.25) is 0 Å². The van der Waals surface area contributed by atoms with Crippen molar-refractivity contribution in [3.05, 3.63) is 45.7 Å². The molecule has 3 nitrogen and oxygen atoms in total. The number of thiazole rings is 1. The van der Waals surface area contributed by atoms with E-state index in [-0.39, 0.29) is 11.9 Å². The third-order valence-corrected chi connectivity index (χ3v) is 3.79. The molecule has 0 aliphatic carbocycles. The average Bonchev–Trinajstić information content (AvgIpc) is 2.84. The van der Waals surface area contributed by atoms with Gasteiger partial charge in [0, 0.05) is 23.1 Å². The van der Waals surface area contributed by atoms with Crippen molar-refractivity contribution < 1.29 is 9.13 Å². The first-order valence-corrected chi connectivity index (χ1v) is 7.09. The number of nitrogens with zero attached hydrogens (tertiary/aromatic N) is 1. The molecular weight excluding hydrogens is 263 g/mol. The van der Waals surface area contributed by atoms with E-state index in [0.717, 1.165) is 22.7 Å². The van der Waals surface area contributed by atoms with Crippen molar-refractivity contribution in [3.63, 3.8) is 0 Å². The Bertz CT molecular complexity index is 554. The van der Waals surface area contributed by atoms with Gasteiger partial charge in [-0.1, -0.05) is 13.0 Å². The van der Waals surface area contributed by atoms with Crippen LogP contribution in [0.4, 0.5) is 4.39 Å².